The van der Waals surface area contributed by atoms with Gasteiger partial charge >= 0.3 is 6.03 Å². The highest BCUT2D eigenvalue weighted by Gasteiger charge is 2.15. The molecule has 1 fully saturated rings. The molecule has 0 bridgehead atoms. The van der Waals surface area contributed by atoms with Crippen LogP contribution in [0.5, 0.6) is 0 Å². The number of urea groups is 1. The van der Waals surface area contributed by atoms with Crippen LogP contribution >= 0.6 is 0 Å². The molecule has 0 saturated heterocycles. The van der Waals surface area contributed by atoms with Crippen LogP contribution in [-0.2, 0) is 0 Å². The minimum absolute atomic E-state index is 0.142. The Morgan fingerprint density at radius 3 is 2.90 bits per heavy atom. The highest BCUT2D eigenvalue weighted by Crippen LogP contribution is 2.20. The summed E-state index contributed by atoms with van der Waals surface area (Å²) in [6.07, 6.45) is 5.84. The smallest absolute Gasteiger partial charge is 0.319 e. The number of anilines is 1. The van der Waals surface area contributed by atoms with Crippen molar-refractivity contribution in [3.05, 3.63) is 24.1 Å². The molecule has 1 aliphatic carbocycles. The molecule has 5 nitrogen and oxygen atoms in total. The number of hydrogen-bond donors (Lipinski definition) is 2. The van der Waals surface area contributed by atoms with Gasteiger partial charge in [0.15, 0.2) is 11.5 Å². The van der Waals surface area contributed by atoms with E-state index in [1.807, 2.05) is 25.1 Å². The van der Waals surface area contributed by atoms with E-state index in [0.717, 1.165) is 29.6 Å². The van der Waals surface area contributed by atoms with Gasteiger partial charge in [0.2, 0.25) is 0 Å². The van der Waals surface area contributed by atoms with Gasteiger partial charge in [0, 0.05) is 18.7 Å². The first-order valence-electron chi connectivity index (χ1n) is 7.15. The number of fused-ring (bicyclic) bond motifs is 1. The predicted molar refractivity (Wildman–Crippen MR) is 77.8 cm³/mol. The standard InChI is InChI=1S/C15H19N3O2/c1-10-16-13-9-12(7-8-14(13)20-10)18-15(19)17-11-5-3-2-4-6-11/h7-9,11H,2-6H2,1H3,(H2,17,18,19). The molecule has 0 unspecified atom stereocenters. The maximum Gasteiger partial charge on any atom is 0.319 e. The molecule has 1 saturated carbocycles. The number of oxazole rings is 1. The molecule has 2 N–H and O–H groups in total. The van der Waals surface area contributed by atoms with Crippen LogP contribution in [0.2, 0.25) is 0 Å². The minimum Gasteiger partial charge on any atom is -0.441 e. The van der Waals surface area contributed by atoms with Crippen LogP contribution in [0.15, 0.2) is 22.6 Å². The van der Waals surface area contributed by atoms with E-state index in [0.29, 0.717) is 11.9 Å². The van der Waals surface area contributed by atoms with E-state index in [1.54, 1.807) is 0 Å². The van der Waals surface area contributed by atoms with E-state index in [4.69, 9.17) is 4.42 Å². The average molecular weight is 273 g/mol. The Labute approximate surface area is 117 Å². The molecule has 1 aromatic heterocycles. The summed E-state index contributed by atoms with van der Waals surface area (Å²) in [4.78, 5) is 16.2. The number of hydrogen-bond acceptors (Lipinski definition) is 3. The molecule has 1 aromatic carbocycles. The van der Waals surface area contributed by atoms with Crippen molar-refractivity contribution in [2.45, 2.75) is 45.1 Å². The van der Waals surface area contributed by atoms with Gasteiger partial charge < -0.3 is 15.1 Å². The van der Waals surface area contributed by atoms with Gasteiger partial charge in [-0.25, -0.2) is 9.78 Å². The lowest BCUT2D eigenvalue weighted by molar-refractivity contribution is 0.244. The van der Waals surface area contributed by atoms with E-state index >= 15 is 0 Å². The van der Waals surface area contributed by atoms with E-state index in [2.05, 4.69) is 15.6 Å². The van der Waals surface area contributed by atoms with Gasteiger partial charge in [0.25, 0.3) is 0 Å². The van der Waals surface area contributed by atoms with E-state index in [1.165, 1.54) is 19.3 Å². The Morgan fingerprint density at radius 1 is 1.30 bits per heavy atom. The first kappa shape index (κ1) is 13.0. The van der Waals surface area contributed by atoms with Crippen molar-refractivity contribution in [2.75, 3.05) is 5.32 Å². The zero-order valence-corrected chi connectivity index (χ0v) is 11.6. The summed E-state index contributed by atoms with van der Waals surface area (Å²) in [5, 5.41) is 5.89. The van der Waals surface area contributed by atoms with Gasteiger partial charge in [-0.2, -0.15) is 0 Å². The number of nitrogens with one attached hydrogen (secondary N) is 2. The molecule has 0 aliphatic heterocycles. The van der Waals surface area contributed by atoms with E-state index < -0.39 is 0 Å². The molecule has 0 spiro atoms. The van der Waals surface area contributed by atoms with Crippen LogP contribution in [0.3, 0.4) is 0 Å². The number of rotatable bonds is 2. The summed E-state index contributed by atoms with van der Waals surface area (Å²) >= 11 is 0. The summed E-state index contributed by atoms with van der Waals surface area (Å²) in [6.45, 7) is 1.81. The summed E-state index contributed by atoms with van der Waals surface area (Å²) < 4.78 is 5.41. The fourth-order valence-corrected chi connectivity index (χ4v) is 2.72. The molecule has 1 heterocycles. The molecule has 1 aliphatic rings. The number of nitrogens with zero attached hydrogens (tertiary/aromatic N) is 1. The lowest BCUT2D eigenvalue weighted by atomic mass is 9.96. The number of amides is 2. The van der Waals surface area contributed by atoms with Gasteiger partial charge in [-0.15, -0.1) is 0 Å². The SMILES string of the molecule is Cc1nc2cc(NC(=O)NC3CCCCC3)ccc2o1. The lowest BCUT2D eigenvalue weighted by Crippen LogP contribution is -2.38. The minimum atomic E-state index is -0.142. The number of aromatic nitrogens is 1. The molecule has 0 atom stereocenters. The van der Waals surface area contributed by atoms with Crippen LogP contribution in [0.25, 0.3) is 11.1 Å². The topological polar surface area (TPSA) is 67.2 Å². The largest absolute Gasteiger partial charge is 0.441 e. The predicted octanol–water partition coefficient (Wildman–Crippen LogP) is 3.59. The molecule has 2 aromatic rings. The molecular formula is C15H19N3O2. The van der Waals surface area contributed by atoms with Crippen LogP contribution in [0, 0.1) is 6.92 Å². The summed E-state index contributed by atoms with van der Waals surface area (Å²) in [5.74, 6) is 0.629. The number of carbonyl (C=O) groups is 1. The Morgan fingerprint density at radius 2 is 2.10 bits per heavy atom. The molecule has 106 valence electrons. The van der Waals surface area contributed by atoms with Crippen molar-refractivity contribution >= 4 is 22.8 Å². The Bertz CT molecular complexity index is 615. The van der Waals surface area contributed by atoms with Crippen molar-refractivity contribution in [1.82, 2.24) is 10.3 Å². The quantitative estimate of drug-likeness (QED) is 0.878. The zero-order valence-electron chi connectivity index (χ0n) is 11.6. The zero-order chi connectivity index (χ0) is 13.9. The summed E-state index contributed by atoms with van der Waals surface area (Å²) in [6, 6.07) is 5.64. The number of benzene rings is 1. The first-order valence-corrected chi connectivity index (χ1v) is 7.15. The van der Waals surface area contributed by atoms with E-state index in [-0.39, 0.29) is 6.03 Å². The molecule has 2 amide bonds. The molecular weight excluding hydrogens is 254 g/mol. The van der Waals surface area contributed by atoms with Gasteiger partial charge in [-0.3, -0.25) is 0 Å². The van der Waals surface area contributed by atoms with Crippen molar-refractivity contribution in [2.24, 2.45) is 0 Å². The fraction of sp³-hybridized carbons (Fsp3) is 0.467. The lowest BCUT2D eigenvalue weighted by Gasteiger charge is -2.22. The second kappa shape index (κ2) is 5.53. The maximum atomic E-state index is 12.0. The third-order valence-electron chi connectivity index (χ3n) is 3.69. The molecule has 20 heavy (non-hydrogen) atoms. The normalized spacial score (nSPS) is 16.2. The Hall–Kier alpha value is -2.04. The maximum absolute atomic E-state index is 12.0. The highest BCUT2D eigenvalue weighted by molar-refractivity contribution is 5.91. The van der Waals surface area contributed by atoms with Crippen molar-refractivity contribution in [1.29, 1.82) is 0 Å². The number of aryl methyl sites for hydroxylation is 1. The second-order valence-corrected chi connectivity index (χ2v) is 5.35. The van der Waals surface area contributed by atoms with Crippen molar-refractivity contribution in [3.63, 3.8) is 0 Å². The number of carbonyl (C=O) groups excluding carboxylic acids is 1. The second-order valence-electron chi connectivity index (χ2n) is 5.35. The monoisotopic (exact) mass is 273 g/mol. The van der Waals surface area contributed by atoms with Crippen LogP contribution in [0.1, 0.15) is 38.0 Å². The molecule has 0 radical (unpaired) electrons. The van der Waals surface area contributed by atoms with Crippen LogP contribution in [-0.4, -0.2) is 17.1 Å². The Balaban J connectivity index is 1.64. The average Bonchev–Trinajstić information content (AvgIpc) is 2.79. The molecule has 3 rings (SSSR count). The van der Waals surface area contributed by atoms with Crippen molar-refractivity contribution in [3.8, 4) is 0 Å². The van der Waals surface area contributed by atoms with Gasteiger partial charge in [0.1, 0.15) is 5.52 Å². The summed E-state index contributed by atoms with van der Waals surface area (Å²) in [7, 11) is 0. The summed E-state index contributed by atoms with van der Waals surface area (Å²) in [5.41, 5.74) is 2.23. The first-order chi connectivity index (χ1) is 9.70. The molecule has 5 heteroatoms. The van der Waals surface area contributed by atoms with Gasteiger partial charge in [0.05, 0.1) is 0 Å². The van der Waals surface area contributed by atoms with Gasteiger partial charge in [-0.1, -0.05) is 19.3 Å². The van der Waals surface area contributed by atoms with E-state index in [9.17, 15) is 4.79 Å². The highest BCUT2D eigenvalue weighted by atomic mass is 16.3. The van der Waals surface area contributed by atoms with Gasteiger partial charge in [-0.05, 0) is 31.0 Å². The third-order valence-corrected chi connectivity index (χ3v) is 3.69. The fourth-order valence-electron chi connectivity index (χ4n) is 2.72. The third kappa shape index (κ3) is 2.92. The van der Waals surface area contributed by atoms with Crippen molar-refractivity contribution < 1.29 is 9.21 Å². The van der Waals surface area contributed by atoms with Crippen LogP contribution < -0.4 is 10.6 Å². The Kier molecular flexibility index (Phi) is 3.58. The van der Waals surface area contributed by atoms with Crippen LogP contribution in [0.4, 0.5) is 10.5 Å².